The van der Waals surface area contributed by atoms with Gasteiger partial charge in [-0.3, -0.25) is 4.79 Å². The summed E-state index contributed by atoms with van der Waals surface area (Å²) < 4.78 is 49.7. The number of carbonyl (C=O) groups excluding carboxylic acids is 1. The van der Waals surface area contributed by atoms with Gasteiger partial charge in [0.15, 0.2) is 27.9 Å². The van der Waals surface area contributed by atoms with Gasteiger partial charge in [0.1, 0.15) is 34.9 Å². The molecule has 1 aromatic heterocycles. The van der Waals surface area contributed by atoms with Gasteiger partial charge in [0.05, 0.1) is 19.2 Å². The minimum absolute atomic E-state index is 0.0362. The molecule has 12 nitrogen and oxygen atoms in total. The highest BCUT2D eigenvalue weighted by Crippen LogP contribution is 2.30. The number of carbonyl (C=O) groups is 1. The SMILES string of the molecule is C#C[C@H](O)C(=O)N1CC[C@H](Oc2ccc(-c3ncnc(Nc4ccc(S(C)(=O)=O)c(OC)c4)n3)cc2C#N)[C@H](F)C1. The van der Waals surface area contributed by atoms with Crippen LogP contribution in [0.25, 0.3) is 11.4 Å². The van der Waals surface area contributed by atoms with Gasteiger partial charge in [-0.1, -0.05) is 5.92 Å². The molecule has 0 spiro atoms. The van der Waals surface area contributed by atoms with Crippen molar-refractivity contribution in [3.63, 3.8) is 0 Å². The zero-order chi connectivity index (χ0) is 29.7. The number of nitrogens with zero attached hydrogens (tertiary/aromatic N) is 5. The first-order chi connectivity index (χ1) is 19.5. The molecule has 1 fully saturated rings. The van der Waals surface area contributed by atoms with E-state index in [4.69, 9.17) is 15.9 Å². The maximum absolute atomic E-state index is 14.8. The van der Waals surface area contributed by atoms with Gasteiger partial charge in [-0.15, -0.1) is 6.42 Å². The van der Waals surface area contributed by atoms with Crippen LogP contribution in [0.5, 0.6) is 11.5 Å². The minimum atomic E-state index is -3.49. The van der Waals surface area contributed by atoms with Crippen LogP contribution in [0.2, 0.25) is 0 Å². The number of terminal acetylenes is 1. The third-order valence-corrected chi connectivity index (χ3v) is 7.35. The average molecular weight is 581 g/mol. The second-order valence-electron chi connectivity index (χ2n) is 9.03. The lowest BCUT2D eigenvalue weighted by molar-refractivity contribution is -0.141. The maximum atomic E-state index is 14.8. The number of piperidine rings is 1. The summed E-state index contributed by atoms with van der Waals surface area (Å²) in [6.07, 6.45) is 3.43. The molecule has 0 bridgehead atoms. The molecule has 2 aromatic carbocycles. The van der Waals surface area contributed by atoms with Crippen molar-refractivity contribution in [1.29, 1.82) is 5.26 Å². The molecule has 0 aliphatic carbocycles. The molecule has 1 aliphatic heterocycles. The Bertz CT molecular complexity index is 1650. The van der Waals surface area contributed by atoms with Gasteiger partial charge in [-0.05, 0) is 30.3 Å². The number of nitriles is 1. The van der Waals surface area contributed by atoms with E-state index in [-0.39, 0.29) is 53.2 Å². The smallest absolute Gasteiger partial charge is 0.264 e. The number of alkyl halides is 1. The van der Waals surface area contributed by atoms with Crippen LogP contribution in [0.1, 0.15) is 12.0 Å². The molecule has 1 amide bonds. The highest BCUT2D eigenvalue weighted by molar-refractivity contribution is 7.90. The molecule has 3 atom stereocenters. The molecule has 1 aliphatic rings. The fraction of sp³-hybridized carbons (Fsp3) is 0.296. The first-order valence-electron chi connectivity index (χ1n) is 12.2. The number of hydrogen-bond donors (Lipinski definition) is 2. The number of methoxy groups -OCH3 is 1. The second kappa shape index (κ2) is 12.2. The molecule has 41 heavy (non-hydrogen) atoms. The van der Waals surface area contributed by atoms with Gasteiger partial charge in [0.25, 0.3) is 5.91 Å². The molecule has 3 aromatic rings. The lowest BCUT2D eigenvalue weighted by Gasteiger charge is -2.35. The highest BCUT2D eigenvalue weighted by Gasteiger charge is 2.35. The van der Waals surface area contributed by atoms with Gasteiger partial charge >= 0.3 is 0 Å². The summed E-state index contributed by atoms with van der Waals surface area (Å²) in [5, 5.41) is 22.2. The molecule has 2 heterocycles. The largest absolute Gasteiger partial charge is 0.495 e. The molecule has 0 saturated carbocycles. The molecule has 0 unspecified atom stereocenters. The summed E-state index contributed by atoms with van der Waals surface area (Å²) >= 11 is 0. The third-order valence-electron chi connectivity index (χ3n) is 6.21. The zero-order valence-electron chi connectivity index (χ0n) is 22.0. The summed E-state index contributed by atoms with van der Waals surface area (Å²) in [5.74, 6) is 1.86. The van der Waals surface area contributed by atoms with Crippen LogP contribution in [0.15, 0.2) is 47.6 Å². The van der Waals surface area contributed by atoms with Crippen molar-refractivity contribution >= 4 is 27.4 Å². The number of nitrogens with one attached hydrogen (secondary N) is 1. The van der Waals surface area contributed by atoms with E-state index >= 15 is 0 Å². The standard InChI is InChI=1S/C27H25FN6O6S/c1-4-20(35)26(36)34-10-9-22(19(28)14-34)40-21-7-5-16(11-17(21)13-29)25-30-15-31-27(33-25)32-18-6-8-24(41(3,37)38)23(12-18)39-2/h1,5-8,11-12,15,19-20,22,35H,9-10,14H2,2-3H3,(H,30,31,32,33)/t19-,20+,22+/m1/s1. The summed E-state index contributed by atoms with van der Waals surface area (Å²) in [6, 6.07) is 11.1. The molecule has 0 radical (unpaired) electrons. The molecule has 212 valence electrons. The predicted molar refractivity (Wildman–Crippen MR) is 145 cm³/mol. The van der Waals surface area contributed by atoms with Crippen LogP contribution in [-0.4, -0.2) is 84.1 Å². The Labute approximate surface area is 235 Å². The van der Waals surface area contributed by atoms with E-state index in [0.717, 1.165) is 11.2 Å². The van der Waals surface area contributed by atoms with Gasteiger partial charge in [-0.2, -0.15) is 10.2 Å². The lowest BCUT2D eigenvalue weighted by Crippen LogP contribution is -2.51. The van der Waals surface area contributed by atoms with E-state index in [1.807, 2.05) is 12.0 Å². The summed E-state index contributed by atoms with van der Waals surface area (Å²) in [4.78, 5) is 25.9. The minimum Gasteiger partial charge on any atom is -0.495 e. The van der Waals surface area contributed by atoms with Crippen molar-refractivity contribution < 1.29 is 32.2 Å². The fourth-order valence-corrected chi connectivity index (χ4v) is 4.98. The van der Waals surface area contributed by atoms with Gasteiger partial charge in [0, 0.05) is 36.5 Å². The Morgan fingerprint density at radius 2 is 2.05 bits per heavy atom. The van der Waals surface area contributed by atoms with Crippen LogP contribution in [0.4, 0.5) is 16.0 Å². The number of ether oxygens (including phenoxy) is 2. The van der Waals surface area contributed by atoms with E-state index < -0.39 is 34.1 Å². The van der Waals surface area contributed by atoms with Crippen molar-refractivity contribution in [2.45, 2.75) is 29.7 Å². The van der Waals surface area contributed by atoms with Crippen molar-refractivity contribution in [3.8, 4) is 41.3 Å². The molecule has 4 rings (SSSR count). The quantitative estimate of drug-likeness (QED) is 0.373. The molecular weight excluding hydrogens is 555 g/mol. The van der Waals surface area contributed by atoms with Crippen molar-refractivity contribution in [3.05, 3.63) is 48.3 Å². The van der Waals surface area contributed by atoms with Crippen molar-refractivity contribution in [2.24, 2.45) is 0 Å². The fourth-order valence-electron chi connectivity index (χ4n) is 4.16. The van der Waals surface area contributed by atoms with Crippen LogP contribution >= 0.6 is 0 Å². The number of anilines is 2. The Kier molecular flexibility index (Phi) is 8.66. The van der Waals surface area contributed by atoms with Gasteiger partial charge in [-0.25, -0.2) is 22.8 Å². The lowest BCUT2D eigenvalue weighted by atomic mass is 10.0. The molecule has 2 N–H and O–H groups in total. The number of benzene rings is 2. The number of rotatable bonds is 8. The number of amides is 1. The van der Waals surface area contributed by atoms with Crippen LogP contribution in [0.3, 0.4) is 0 Å². The van der Waals surface area contributed by atoms with Gasteiger partial charge in [0.2, 0.25) is 5.95 Å². The normalized spacial score (nSPS) is 17.6. The number of hydrogen-bond acceptors (Lipinski definition) is 11. The zero-order valence-corrected chi connectivity index (χ0v) is 22.8. The van der Waals surface area contributed by atoms with E-state index in [1.54, 1.807) is 6.07 Å². The van der Waals surface area contributed by atoms with E-state index in [2.05, 4.69) is 20.3 Å². The number of likely N-dealkylation sites (tertiary alicyclic amines) is 1. The Morgan fingerprint density at radius 3 is 2.71 bits per heavy atom. The number of sulfone groups is 1. The average Bonchev–Trinajstić information content (AvgIpc) is 2.97. The number of aliphatic hydroxyl groups excluding tert-OH is 1. The first kappa shape index (κ1) is 29.2. The monoisotopic (exact) mass is 580 g/mol. The van der Waals surface area contributed by atoms with Crippen molar-refractivity contribution in [1.82, 2.24) is 19.9 Å². The molecular formula is C27H25FN6O6S. The Balaban J connectivity index is 1.49. The van der Waals surface area contributed by atoms with E-state index in [9.17, 15) is 28.0 Å². The number of halogens is 1. The summed E-state index contributed by atoms with van der Waals surface area (Å²) in [7, 11) is -2.13. The number of aromatic nitrogens is 3. The van der Waals surface area contributed by atoms with Crippen LogP contribution < -0.4 is 14.8 Å². The third kappa shape index (κ3) is 6.69. The predicted octanol–water partition coefficient (Wildman–Crippen LogP) is 1.88. The Morgan fingerprint density at radius 1 is 1.27 bits per heavy atom. The molecule has 14 heteroatoms. The topological polar surface area (TPSA) is 168 Å². The highest BCUT2D eigenvalue weighted by atomic mass is 32.2. The van der Waals surface area contributed by atoms with E-state index in [0.29, 0.717) is 11.3 Å². The van der Waals surface area contributed by atoms with Crippen LogP contribution in [-0.2, 0) is 14.6 Å². The number of aliphatic hydroxyl groups is 1. The summed E-state index contributed by atoms with van der Waals surface area (Å²) in [6.45, 7) is -0.169. The maximum Gasteiger partial charge on any atom is 0.264 e. The Hall–Kier alpha value is -4.79. The first-order valence-corrected chi connectivity index (χ1v) is 14.1. The van der Waals surface area contributed by atoms with Crippen LogP contribution in [0, 0.1) is 23.7 Å². The van der Waals surface area contributed by atoms with Crippen molar-refractivity contribution in [2.75, 3.05) is 31.8 Å². The summed E-state index contributed by atoms with van der Waals surface area (Å²) in [5.41, 5.74) is 1.05. The second-order valence-corrected chi connectivity index (χ2v) is 11.0. The van der Waals surface area contributed by atoms with Gasteiger partial charge < -0.3 is 24.8 Å². The van der Waals surface area contributed by atoms with E-state index in [1.165, 1.54) is 43.8 Å². The molecule has 1 saturated heterocycles.